The van der Waals surface area contributed by atoms with Crippen molar-refractivity contribution in [3.05, 3.63) is 0 Å². The lowest BCUT2D eigenvalue weighted by Crippen LogP contribution is -2.41. The van der Waals surface area contributed by atoms with Crippen molar-refractivity contribution in [2.45, 2.75) is 64.5 Å². The molecule has 0 saturated heterocycles. The van der Waals surface area contributed by atoms with Crippen LogP contribution in [0.5, 0.6) is 0 Å². The van der Waals surface area contributed by atoms with Crippen molar-refractivity contribution < 1.29 is 9.59 Å². The molecule has 0 aromatic rings. The van der Waals surface area contributed by atoms with Crippen LogP contribution in [0.3, 0.4) is 0 Å². The molecule has 0 aromatic carbocycles. The van der Waals surface area contributed by atoms with Gasteiger partial charge in [-0.2, -0.15) is 0 Å². The van der Waals surface area contributed by atoms with Gasteiger partial charge in [0.25, 0.3) is 0 Å². The molecule has 1 aliphatic carbocycles. The highest BCUT2D eigenvalue weighted by Crippen LogP contribution is 2.17. The molecule has 5 nitrogen and oxygen atoms in total. The molecule has 1 saturated carbocycles. The van der Waals surface area contributed by atoms with Crippen LogP contribution in [0.15, 0.2) is 0 Å². The topological polar surface area (TPSA) is 61.4 Å². The van der Waals surface area contributed by atoms with Gasteiger partial charge < -0.3 is 10.6 Å². The van der Waals surface area contributed by atoms with Crippen LogP contribution in [-0.2, 0) is 9.59 Å². The van der Waals surface area contributed by atoms with Crippen LogP contribution in [0.2, 0.25) is 0 Å². The van der Waals surface area contributed by atoms with E-state index in [1.165, 1.54) is 19.3 Å². The first-order valence-corrected chi connectivity index (χ1v) is 7.74. The molecule has 1 rings (SSSR count). The third-order valence-electron chi connectivity index (χ3n) is 3.55. The fourth-order valence-electron chi connectivity index (χ4n) is 2.53. The van der Waals surface area contributed by atoms with Crippen molar-refractivity contribution in [1.29, 1.82) is 0 Å². The number of nitrogens with zero attached hydrogens (tertiary/aromatic N) is 1. The minimum atomic E-state index is 0.00943. The number of nitrogens with one attached hydrogen (secondary N) is 2. The Kier molecular flexibility index (Phi) is 7.59. The summed E-state index contributed by atoms with van der Waals surface area (Å²) in [5, 5.41) is 5.94. The SMILES string of the molecule is CC(C)NC(=O)CN(C)CCC(=O)NC1CCCCC1. The first-order valence-electron chi connectivity index (χ1n) is 7.74. The molecular formula is C15H29N3O2. The van der Waals surface area contributed by atoms with E-state index < -0.39 is 0 Å². The van der Waals surface area contributed by atoms with Crippen LogP contribution >= 0.6 is 0 Å². The molecular weight excluding hydrogens is 254 g/mol. The lowest BCUT2D eigenvalue weighted by molar-refractivity contribution is -0.124. The molecule has 0 bridgehead atoms. The molecule has 2 amide bonds. The summed E-state index contributed by atoms with van der Waals surface area (Å²) in [6, 6.07) is 0.524. The van der Waals surface area contributed by atoms with Crippen molar-refractivity contribution in [2.24, 2.45) is 0 Å². The second-order valence-electron chi connectivity index (χ2n) is 6.11. The average molecular weight is 283 g/mol. The Bertz CT molecular complexity index is 312. The largest absolute Gasteiger partial charge is 0.353 e. The quantitative estimate of drug-likeness (QED) is 0.740. The number of carbonyl (C=O) groups excluding carboxylic acids is 2. The molecule has 1 aliphatic rings. The number of hydrogen-bond acceptors (Lipinski definition) is 3. The van der Waals surface area contributed by atoms with Crippen molar-refractivity contribution in [3.63, 3.8) is 0 Å². The number of amides is 2. The molecule has 0 aromatic heterocycles. The minimum Gasteiger partial charge on any atom is -0.353 e. The maximum atomic E-state index is 11.8. The molecule has 2 N–H and O–H groups in total. The first-order chi connectivity index (χ1) is 9.47. The summed E-state index contributed by atoms with van der Waals surface area (Å²) in [4.78, 5) is 25.3. The first kappa shape index (κ1) is 17.0. The van der Waals surface area contributed by atoms with Gasteiger partial charge in [0, 0.05) is 25.0 Å². The third kappa shape index (κ3) is 7.48. The Morgan fingerprint density at radius 3 is 2.40 bits per heavy atom. The van der Waals surface area contributed by atoms with Crippen LogP contribution in [0.1, 0.15) is 52.4 Å². The molecule has 0 aliphatic heterocycles. The van der Waals surface area contributed by atoms with Crippen molar-refractivity contribution >= 4 is 11.8 Å². The smallest absolute Gasteiger partial charge is 0.234 e. The third-order valence-corrected chi connectivity index (χ3v) is 3.55. The lowest BCUT2D eigenvalue weighted by Gasteiger charge is -2.23. The Balaban J connectivity index is 2.14. The minimum absolute atomic E-state index is 0.00943. The Morgan fingerprint density at radius 2 is 1.80 bits per heavy atom. The monoisotopic (exact) mass is 283 g/mol. The fourth-order valence-corrected chi connectivity index (χ4v) is 2.53. The van der Waals surface area contributed by atoms with Gasteiger partial charge in [0.05, 0.1) is 6.54 Å². The Hall–Kier alpha value is -1.10. The summed E-state index contributed by atoms with van der Waals surface area (Å²) in [7, 11) is 1.87. The Labute approximate surface area is 122 Å². The normalized spacial score (nSPS) is 16.4. The highest BCUT2D eigenvalue weighted by Gasteiger charge is 2.16. The molecule has 0 radical (unpaired) electrons. The van der Waals surface area contributed by atoms with E-state index >= 15 is 0 Å². The van der Waals surface area contributed by atoms with E-state index in [1.807, 2.05) is 25.8 Å². The van der Waals surface area contributed by atoms with Crippen LogP contribution in [0, 0.1) is 0 Å². The molecule has 0 atom stereocenters. The van der Waals surface area contributed by atoms with Crippen LogP contribution in [0.25, 0.3) is 0 Å². The number of hydrogen-bond donors (Lipinski definition) is 2. The van der Waals surface area contributed by atoms with Gasteiger partial charge in [0.15, 0.2) is 0 Å². The summed E-state index contributed by atoms with van der Waals surface area (Å²) in [5.74, 6) is 0.114. The van der Waals surface area contributed by atoms with Crippen LogP contribution in [0.4, 0.5) is 0 Å². The van der Waals surface area contributed by atoms with Gasteiger partial charge in [-0.1, -0.05) is 19.3 Å². The van der Waals surface area contributed by atoms with E-state index in [-0.39, 0.29) is 17.9 Å². The molecule has 0 unspecified atom stereocenters. The van der Waals surface area contributed by atoms with E-state index in [0.29, 0.717) is 25.6 Å². The van der Waals surface area contributed by atoms with E-state index in [1.54, 1.807) is 0 Å². The number of carbonyl (C=O) groups is 2. The summed E-state index contributed by atoms with van der Waals surface area (Å²) < 4.78 is 0. The fraction of sp³-hybridized carbons (Fsp3) is 0.867. The van der Waals surface area contributed by atoms with Gasteiger partial charge >= 0.3 is 0 Å². The molecule has 0 spiro atoms. The molecule has 116 valence electrons. The molecule has 20 heavy (non-hydrogen) atoms. The van der Waals surface area contributed by atoms with Crippen molar-refractivity contribution in [2.75, 3.05) is 20.1 Å². The van der Waals surface area contributed by atoms with E-state index in [4.69, 9.17) is 0 Å². The predicted octanol–water partition coefficient (Wildman–Crippen LogP) is 1.28. The summed E-state index contributed by atoms with van der Waals surface area (Å²) in [6.45, 7) is 4.84. The van der Waals surface area contributed by atoms with Crippen LogP contribution < -0.4 is 10.6 Å². The zero-order valence-electron chi connectivity index (χ0n) is 13.1. The molecule has 5 heteroatoms. The second-order valence-corrected chi connectivity index (χ2v) is 6.11. The zero-order valence-corrected chi connectivity index (χ0v) is 13.1. The summed E-state index contributed by atoms with van der Waals surface area (Å²) in [5.41, 5.74) is 0. The van der Waals surface area contributed by atoms with Crippen molar-refractivity contribution in [1.82, 2.24) is 15.5 Å². The molecule has 1 fully saturated rings. The van der Waals surface area contributed by atoms with Crippen LogP contribution in [-0.4, -0.2) is 48.9 Å². The van der Waals surface area contributed by atoms with E-state index in [2.05, 4.69) is 10.6 Å². The second kappa shape index (κ2) is 8.95. The maximum absolute atomic E-state index is 11.8. The number of likely N-dealkylation sites (N-methyl/N-ethyl adjacent to an activating group) is 1. The average Bonchev–Trinajstić information content (AvgIpc) is 2.36. The summed E-state index contributed by atoms with van der Waals surface area (Å²) in [6.07, 6.45) is 6.42. The highest BCUT2D eigenvalue weighted by molar-refractivity contribution is 5.78. The van der Waals surface area contributed by atoms with Gasteiger partial charge in [-0.3, -0.25) is 14.5 Å². The van der Waals surface area contributed by atoms with E-state index in [9.17, 15) is 9.59 Å². The van der Waals surface area contributed by atoms with Gasteiger partial charge in [-0.25, -0.2) is 0 Å². The number of rotatable bonds is 7. The highest BCUT2D eigenvalue weighted by atomic mass is 16.2. The molecule has 0 heterocycles. The van der Waals surface area contributed by atoms with Gasteiger partial charge in [-0.05, 0) is 33.7 Å². The lowest BCUT2D eigenvalue weighted by atomic mass is 9.95. The zero-order chi connectivity index (χ0) is 15.0. The maximum Gasteiger partial charge on any atom is 0.234 e. The summed E-state index contributed by atoms with van der Waals surface area (Å²) >= 11 is 0. The van der Waals surface area contributed by atoms with Gasteiger partial charge in [0.2, 0.25) is 11.8 Å². The standard InChI is InChI=1S/C15H29N3O2/c1-12(2)16-15(20)11-18(3)10-9-14(19)17-13-7-5-4-6-8-13/h12-13H,4-11H2,1-3H3,(H,16,20)(H,17,19). The van der Waals surface area contributed by atoms with E-state index in [0.717, 1.165) is 12.8 Å². The Morgan fingerprint density at radius 1 is 1.15 bits per heavy atom. The van der Waals surface area contributed by atoms with Crippen molar-refractivity contribution in [3.8, 4) is 0 Å². The predicted molar refractivity (Wildman–Crippen MR) is 80.4 cm³/mol. The van der Waals surface area contributed by atoms with Gasteiger partial charge in [0.1, 0.15) is 0 Å². The van der Waals surface area contributed by atoms with Gasteiger partial charge in [-0.15, -0.1) is 0 Å².